The number of hydrogen-bond acceptors (Lipinski definition) is 3. The minimum atomic E-state index is 0.822. The van der Waals surface area contributed by atoms with Crippen LogP contribution in [0.1, 0.15) is 19.0 Å². The molecule has 1 aromatic heterocycles. The lowest BCUT2D eigenvalue weighted by atomic mass is 10.2. The van der Waals surface area contributed by atoms with Crippen LogP contribution in [-0.4, -0.2) is 34.0 Å². The van der Waals surface area contributed by atoms with Crippen LogP contribution in [0, 0.1) is 0 Å². The third-order valence-corrected chi connectivity index (χ3v) is 4.16. The molecule has 1 fully saturated rings. The van der Waals surface area contributed by atoms with Crippen molar-refractivity contribution < 1.29 is 0 Å². The molecule has 0 saturated carbocycles. The van der Waals surface area contributed by atoms with Crippen LogP contribution in [0.25, 0.3) is 0 Å². The Hall–Kier alpha value is -0.540. The van der Waals surface area contributed by atoms with Crippen molar-refractivity contribution in [2.24, 2.45) is 0 Å². The maximum Gasteiger partial charge on any atom is 0.0543 e. The predicted molar refractivity (Wildman–Crippen MR) is 66.1 cm³/mol. The van der Waals surface area contributed by atoms with Gasteiger partial charge in [0.1, 0.15) is 0 Å². The van der Waals surface area contributed by atoms with Gasteiger partial charge in [0, 0.05) is 36.8 Å². The van der Waals surface area contributed by atoms with Gasteiger partial charge < -0.3 is 0 Å². The number of thioether (sulfide) groups is 1. The molecule has 1 saturated heterocycles. The average Bonchev–Trinajstić information content (AvgIpc) is 2.31. The number of hydrogen-bond donors (Lipinski definition) is 0. The van der Waals surface area contributed by atoms with Crippen molar-refractivity contribution in [3.63, 3.8) is 0 Å². The lowest BCUT2D eigenvalue weighted by Gasteiger charge is -2.31. The van der Waals surface area contributed by atoms with Gasteiger partial charge >= 0.3 is 0 Å². The zero-order valence-electron chi connectivity index (χ0n) is 9.22. The molecule has 82 valence electrons. The molecule has 0 radical (unpaired) electrons. The van der Waals surface area contributed by atoms with Crippen LogP contribution in [0.4, 0.5) is 0 Å². The lowest BCUT2D eigenvalue weighted by Crippen LogP contribution is -2.37. The van der Waals surface area contributed by atoms with Gasteiger partial charge in [0.2, 0.25) is 0 Å². The van der Waals surface area contributed by atoms with E-state index in [1.54, 1.807) is 0 Å². The van der Waals surface area contributed by atoms with E-state index in [0.717, 1.165) is 11.8 Å². The summed E-state index contributed by atoms with van der Waals surface area (Å²) in [5.41, 5.74) is 1.19. The van der Waals surface area contributed by atoms with E-state index in [4.69, 9.17) is 0 Å². The zero-order valence-corrected chi connectivity index (χ0v) is 10.0. The molecule has 3 heteroatoms. The maximum absolute atomic E-state index is 4.38. The Bertz CT molecular complexity index is 289. The van der Waals surface area contributed by atoms with Gasteiger partial charge in [-0.2, -0.15) is 11.8 Å². The highest BCUT2D eigenvalue weighted by molar-refractivity contribution is 8.00. The normalized spacial score (nSPS) is 22.9. The molecule has 0 bridgehead atoms. The average molecular weight is 222 g/mol. The molecular formula is C12H18N2S. The highest BCUT2D eigenvalue weighted by Gasteiger charge is 2.18. The van der Waals surface area contributed by atoms with Crippen molar-refractivity contribution in [1.29, 1.82) is 0 Å². The first kappa shape index (κ1) is 11.0. The molecule has 2 heterocycles. The van der Waals surface area contributed by atoms with Gasteiger partial charge in [-0.05, 0) is 18.6 Å². The summed E-state index contributed by atoms with van der Waals surface area (Å²) in [4.78, 5) is 6.90. The number of aromatic nitrogens is 1. The maximum atomic E-state index is 4.38. The molecular weight excluding hydrogens is 204 g/mol. The molecule has 1 unspecified atom stereocenters. The van der Waals surface area contributed by atoms with Gasteiger partial charge in [-0.15, -0.1) is 0 Å². The molecule has 0 aromatic carbocycles. The number of nitrogens with zero attached hydrogens (tertiary/aromatic N) is 2. The molecule has 2 nitrogen and oxygen atoms in total. The van der Waals surface area contributed by atoms with Crippen LogP contribution in [0.15, 0.2) is 24.4 Å². The summed E-state index contributed by atoms with van der Waals surface area (Å²) in [6.45, 7) is 5.72. The molecule has 2 rings (SSSR count). The Morgan fingerprint density at radius 2 is 2.47 bits per heavy atom. The van der Waals surface area contributed by atoms with Crippen LogP contribution in [0.3, 0.4) is 0 Å². The minimum Gasteiger partial charge on any atom is -0.296 e. The second kappa shape index (κ2) is 5.52. The predicted octanol–water partition coefficient (Wildman–Crippen LogP) is 2.41. The SMILES string of the molecule is CCC1CN(Cc2ccccn2)CCS1. The Kier molecular flexibility index (Phi) is 4.03. The van der Waals surface area contributed by atoms with Gasteiger partial charge in [0.25, 0.3) is 0 Å². The summed E-state index contributed by atoms with van der Waals surface area (Å²) in [7, 11) is 0. The highest BCUT2D eigenvalue weighted by Crippen LogP contribution is 2.21. The van der Waals surface area contributed by atoms with Gasteiger partial charge in [0.15, 0.2) is 0 Å². The summed E-state index contributed by atoms with van der Waals surface area (Å²) in [5, 5.41) is 0.822. The van der Waals surface area contributed by atoms with Gasteiger partial charge in [-0.3, -0.25) is 9.88 Å². The van der Waals surface area contributed by atoms with Gasteiger partial charge in [-0.1, -0.05) is 13.0 Å². The summed E-state index contributed by atoms with van der Waals surface area (Å²) < 4.78 is 0. The lowest BCUT2D eigenvalue weighted by molar-refractivity contribution is 0.270. The van der Waals surface area contributed by atoms with Gasteiger partial charge in [-0.25, -0.2) is 0 Å². The Morgan fingerprint density at radius 1 is 1.53 bits per heavy atom. The monoisotopic (exact) mass is 222 g/mol. The van der Waals surface area contributed by atoms with Crippen LogP contribution < -0.4 is 0 Å². The summed E-state index contributed by atoms with van der Waals surface area (Å²) in [6, 6.07) is 6.16. The molecule has 15 heavy (non-hydrogen) atoms. The Labute approximate surface area is 96.1 Å². The van der Waals surface area contributed by atoms with Crippen LogP contribution >= 0.6 is 11.8 Å². The first-order chi connectivity index (χ1) is 7.38. The first-order valence-electron chi connectivity index (χ1n) is 5.62. The van der Waals surface area contributed by atoms with Crippen molar-refractivity contribution >= 4 is 11.8 Å². The fourth-order valence-corrected chi connectivity index (χ4v) is 3.14. The number of rotatable bonds is 3. The molecule has 0 amide bonds. The Balaban J connectivity index is 1.89. The van der Waals surface area contributed by atoms with E-state index in [-0.39, 0.29) is 0 Å². The van der Waals surface area contributed by atoms with Crippen molar-refractivity contribution in [3.05, 3.63) is 30.1 Å². The van der Waals surface area contributed by atoms with Gasteiger partial charge in [0.05, 0.1) is 5.69 Å². The molecule has 0 spiro atoms. The fraction of sp³-hybridized carbons (Fsp3) is 0.583. The van der Waals surface area contributed by atoms with E-state index in [2.05, 4.69) is 40.7 Å². The summed E-state index contributed by atoms with van der Waals surface area (Å²) in [5.74, 6) is 1.27. The summed E-state index contributed by atoms with van der Waals surface area (Å²) >= 11 is 2.12. The first-order valence-corrected chi connectivity index (χ1v) is 6.67. The Morgan fingerprint density at radius 3 is 3.20 bits per heavy atom. The molecule has 1 aromatic rings. The van der Waals surface area contributed by atoms with E-state index >= 15 is 0 Å². The van der Waals surface area contributed by atoms with Crippen molar-refractivity contribution in [2.45, 2.75) is 25.1 Å². The minimum absolute atomic E-state index is 0.822. The molecule has 1 aliphatic rings. The molecule has 0 aliphatic carbocycles. The highest BCUT2D eigenvalue weighted by atomic mass is 32.2. The van der Waals surface area contributed by atoms with Crippen molar-refractivity contribution in [1.82, 2.24) is 9.88 Å². The van der Waals surface area contributed by atoms with E-state index in [0.29, 0.717) is 0 Å². The van der Waals surface area contributed by atoms with Crippen molar-refractivity contribution in [3.8, 4) is 0 Å². The molecule has 0 N–H and O–H groups in total. The van der Waals surface area contributed by atoms with E-state index in [9.17, 15) is 0 Å². The van der Waals surface area contributed by atoms with Crippen molar-refractivity contribution in [2.75, 3.05) is 18.8 Å². The van der Waals surface area contributed by atoms with E-state index in [1.807, 2.05) is 12.3 Å². The van der Waals surface area contributed by atoms with Crippen LogP contribution in [0.2, 0.25) is 0 Å². The summed E-state index contributed by atoms with van der Waals surface area (Å²) in [6.07, 6.45) is 3.16. The molecule has 1 atom stereocenters. The second-order valence-electron chi connectivity index (χ2n) is 3.96. The standard InChI is InChI=1S/C12H18N2S/c1-2-12-10-14(7-8-15-12)9-11-5-3-4-6-13-11/h3-6,12H,2,7-10H2,1H3. The molecule has 1 aliphatic heterocycles. The topological polar surface area (TPSA) is 16.1 Å². The van der Waals surface area contributed by atoms with E-state index < -0.39 is 0 Å². The third-order valence-electron chi connectivity index (χ3n) is 2.79. The van der Waals surface area contributed by atoms with Crippen LogP contribution in [-0.2, 0) is 6.54 Å². The second-order valence-corrected chi connectivity index (χ2v) is 5.37. The largest absolute Gasteiger partial charge is 0.296 e. The number of pyridine rings is 1. The van der Waals surface area contributed by atoms with Crippen LogP contribution in [0.5, 0.6) is 0 Å². The third kappa shape index (κ3) is 3.21. The van der Waals surface area contributed by atoms with E-state index in [1.165, 1.54) is 31.0 Å². The fourth-order valence-electron chi connectivity index (χ4n) is 1.89. The zero-order chi connectivity index (χ0) is 10.5. The quantitative estimate of drug-likeness (QED) is 0.781. The smallest absolute Gasteiger partial charge is 0.0543 e.